The van der Waals surface area contributed by atoms with E-state index in [1.165, 1.54) is 6.26 Å². The van der Waals surface area contributed by atoms with Crippen LogP contribution in [0.25, 0.3) is 0 Å². The van der Waals surface area contributed by atoms with E-state index in [0.29, 0.717) is 5.75 Å². The van der Waals surface area contributed by atoms with Gasteiger partial charge in [-0.1, -0.05) is 12.1 Å². The minimum Gasteiger partial charge on any atom is -0.399 e. The van der Waals surface area contributed by atoms with Gasteiger partial charge in [0.25, 0.3) is 0 Å². The lowest BCUT2D eigenvalue weighted by atomic mass is 10.1. The van der Waals surface area contributed by atoms with Crippen molar-refractivity contribution in [2.75, 3.05) is 23.5 Å². The number of anilines is 1. The van der Waals surface area contributed by atoms with Gasteiger partial charge in [0.15, 0.2) is 0 Å². The molecule has 1 rings (SSSR count). The number of thioether (sulfide) groups is 1. The Kier molecular flexibility index (Phi) is 4.68. The quantitative estimate of drug-likeness (QED) is 0.823. The lowest BCUT2D eigenvalue weighted by Gasteiger charge is -2.11. The van der Waals surface area contributed by atoms with Gasteiger partial charge in [0, 0.05) is 22.9 Å². The third-order valence-electron chi connectivity index (χ3n) is 2.20. The molecule has 0 amide bonds. The first-order valence-electron chi connectivity index (χ1n) is 5.03. The molecule has 0 saturated carbocycles. The Balaban J connectivity index is 2.50. The maximum absolute atomic E-state index is 11.0. The Morgan fingerprint density at radius 3 is 2.69 bits per heavy atom. The highest BCUT2D eigenvalue weighted by molar-refractivity contribution is 8.00. The summed E-state index contributed by atoms with van der Waals surface area (Å²) >= 11 is 1.63. The summed E-state index contributed by atoms with van der Waals surface area (Å²) in [5.74, 6) is 0.846. The van der Waals surface area contributed by atoms with Crippen LogP contribution in [0, 0.1) is 0 Å². The largest absolute Gasteiger partial charge is 0.399 e. The molecule has 0 heterocycles. The molecule has 0 aliphatic rings. The van der Waals surface area contributed by atoms with Crippen molar-refractivity contribution in [1.29, 1.82) is 0 Å². The second kappa shape index (κ2) is 5.59. The molecule has 0 fully saturated rings. The van der Waals surface area contributed by atoms with E-state index < -0.39 is 9.84 Å². The first-order valence-corrected chi connectivity index (χ1v) is 8.14. The minimum atomic E-state index is -2.86. The van der Waals surface area contributed by atoms with Gasteiger partial charge in [-0.25, -0.2) is 8.42 Å². The number of sulfone groups is 1. The zero-order valence-corrected chi connectivity index (χ0v) is 11.1. The third kappa shape index (κ3) is 4.90. The summed E-state index contributed by atoms with van der Waals surface area (Å²) in [4.78, 5) is 0. The Morgan fingerprint density at radius 2 is 2.12 bits per heavy atom. The average Bonchev–Trinajstić information content (AvgIpc) is 2.15. The maximum Gasteiger partial charge on any atom is 0.148 e. The van der Waals surface area contributed by atoms with Crippen molar-refractivity contribution in [3.63, 3.8) is 0 Å². The van der Waals surface area contributed by atoms with Crippen LogP contribution in [-0.4, -0.2) is 26.2 Å². The summed E-state index contributed by atoms with van der Waals surface area (Å²) in [6.07, 6.45) is 1.26. The van der Waals surface area contributed by atoms with Crippen LogP contribution in [0.1, 0.15) is 17.7 Å². The van der Waals surface area contributed by atoms with E-state index >= 15 is 0 Å². The van der Waals surface area contributed by atoms with Crippen LogP contribution < -0.4 is 5.73 Å². The van der Waals surface area contributed by atoms with Crippen molar-refractivity contribution >= 4 is 27.3 Å². The first kappa shape index (κ1) is 13.4. The predicted molar refractivity (Wildman–Crippen MR) is 71.4 cm³/mol. The number of benzene rings is 1. The van der Waals surface area contributed by atoms with Crippen LogP contribution in [0.4, 0.5) is 5.69 Å². The van der Waals surface area contributed by atoms with Gasteiger partial charge in [0.2, 0.25) is 0 Å². The van der Waals surface area contributed by atoms with Gasteiger partial charge in [-0.15, -0.1) is 0 Å². The predicted octanol–water partition coefficient (Wildman–Crippen LogP) is 2.11. The summed E-state index contributed by atoms with van der Waals surface area (Å²) < 4.78 is 21.9. The summed E-state index contributed by atoms with van der Waals surface area (Å²) in [5, 5.41) is 0.269. The van der Waals surface area contributed by atoms with Gasteiger partial charge in [0.05, 0.1) is 5.75 Å². The number of hydrogen-bond donors (Lipinski definition) is 1. The molecule has 0 bridgehead atoms. The normalized spacial score (nSPS) is 13.6. The number of hydrogen-bond acceptors (Lipinski definition) is 4. The third-order valence-corrected chi connectivity index (χ3v) is 4.62. The molecule has 3 nitrogen and oxygen atoms in total. The fourth-order valence-electron chi connectivity index (χ4n) is 1.28. The van der Waals surface area contributed by atoms with Crippen molar-refractivity contribution < 1.29 is 8.42 Å². The lowest BCUT2D eigenvalue weighted by Crippen LogP contribution is -2.06. The van der Waals surface area contributed by atoms with Crippen LogP contribution in [-0.2, 0) is 9.84 Å². The molecule has 2 N–H and O–H groups in total. The van der Waals surface area contributed by atoms with E-state index in [-0.39, 0.29) is 11.0 Å². The van der Waals surface area contributed by atoms with Crippen molar-refractivity contribution in [3.8, 4) is 0 Å². The highest BCUT2D eigenvalue weighted by Gasteiger charge is 2.08. The van der Waals surface area contributed by atoms with E-state index in [0.717, 1.165) is 11.3 Å². The van der Waals surface area contributed by atoms with E-state index in [1.807, 2.05) is 24.3 Å². The Bertz CT molecular complexity index is 443. The first-order chi connectivity index (χ1) is 7.38. The lowest BCUT2D eigenvalue weighted by molar-refractivity contribution is 0.603. The molecule has 0 radical (unpaired) electrons. The van der Waals surface area contributed by atoms with Crippen molar-refractivity contribution in [2.24, 2.45) is 0 Å². The zero-order chi connectivity index (χ0) is 12.2. The van der Waals surface area contributed by atoms with Crippen LogP contribution in [0.5, 0.6) is 0 Å². The summed E-state index contributed by atoms with van der Waals surface area (Å²) in [5.41, 5.74) is 7.57. The summed E-state index contributed by atoms with van der Waals surface area (Å²) in [7, 11) is -2.86. The van der Waals surface area contributed by atoms with Gasteiger partial charge in [-0.05, 0) is 24.6 Å². The highest BCUT2D eigenvalue weighted by atomic mass is 32.2. The molecular weight excluding hydrogens is 242 g/mol. The van der Waals surface area contributed by atoms with Gasteiger partial charge in [-0.2, -0.15) is 11.8 Å². The second-order valence-electron chi connectivity index (χ2n) is 3.81. The molecule has 90 valence electrons. The van der Waals surface area contributed by atoms with Crippen LogP contribution in [0.2, 0.25) is 0 Å². The average molecular weight is 259 g/mol. The molecule has 5 heteroatoms. The molecule has 0 spiro atoms. The molecule has 1 aromatic carbocycles. The van der Waals surface area contributed by atoms with Gasteiger partial charge in [-0.3, -0.25) is 0 Å². The molecule has 0 aromatic heterocycles. The molecule has 1 unspecified atom stereocenters. The Hall–Kier alpha value is -0.680. The standard InChI is InChI=1S/C11H17NO2S2/c1-9(15-6-7-16(2,13)14)10-4-3-5-11(12)8-10/h3-5,8-9H,6-7,12H2,1-2H3. The van der Waals surface area contributed by atoms with E-state index in [4.69, 9.17) is 5.73 Å². The zero-order valence-electron chi connectivity index (χ0n) is 9.51. The SMILES string of the molecule is CC(SCCS(C)(=O)=O)c1cccc(N)c1. The second-order valence-corrected chi connectivity index (χ2v) is 7.52. The summed E-state index contributed by atoms with van der Waals surface area (Å²) in [6, 6.07) is 7.70. The number of nitrogens with two attached hydrogens (primary N) is 1. The molecule has 16 heavy (non-hydrogen) atoms. The monoisotopic (exact) mass is 259 g/mol. The van der Waals surface area contributed by atoms with Gasteiger partial charge < -0.3 is 5.73 Å². The molecule has 1 atom stereocenters. The van der Waals surface area contributed by atoms with Crippen LogP contribution in [0.15, 0.2) is 24.3 Å². The summed E-state index contributed by atoms with van der Waals surface area (Å²) in [6.45, 7) is 2.06. The van der Waals surface area contributed by atoms with Gasteiger partial charge >= 0.3 is 0 Å². The maximum atomic E-state index is 11.0. The van der Waals surface area contributed by atoms with Crippen molar-refractivity contribution in [3.05, 3.63) is 29.8 Å². The number of nitrogen functional groups attached to an aromatic ring is 1. The molecule has 1 aromatic rings. The van der Waals surface area contributed by atoms with Gasteiger partial charge in [0.1, 0.15) is 9.84 Å². The fraction of sp³-hybridized carbons (Fsp3) is 0.455. The van der Waals surface area contributed by atoms with E-state index in [1.54, 1.807) is 11.8 Å². The minimum absolute atomic E-state index is 0.227. The van der Waals surface area contributed by atoms with E-state index in [2.05, 4.69) is 6.92 Å². The molecular formula is C11H17NO2S2. The Labute approximate surface area is 101 Å². The smallest absolute Gasteiger partial charge is 0.148 e. The highest BCUT2D eigenvalue weighted by Crippen LogP contribution is 2.28. The fourth-order valence-corrected chi connectivity index (χ4v) is 3.57. The Morgan fingerprint density at radius 1 is 1.44 bits per heavy atom. The van der Waals surface area contributed by atoms with Crippen molar-refractivity contribution in [2.45, 2.75) is 12.2 Å². The van der Waals surface area contributed by atoms with Crippen LogP contribution >= 0.6 is 11.8 Å². The number of rotatable bonds is 5. The molecule has 0 aliphatic heterocycles. The molecule has 0 aliphatic carbocycles. The topological polar surface area (TPSA) is 60.2 Å². The van der Waals surface area contributed by atoms with E-state index in [9.17, 15) is 8.42 Å². The molecule has 0 saturated heterocycles. The van der Waals surface area contributed by atoms with Crippen molar-refractivity contribution in [1.82, 2.24) is 0 Å². The van der Waals surface area contributed by atoms with Crippen LogP contribution in [0.3, 0.4) is 0 Å².